The second-order valence-corrected chi connectivity index (χ2v) is 9.23. The highest BCUT2D eigenvalue weighted by Gasteiger charge is 2.40. The molecule has 3 unspecified atom stereocenters. The monoisotopic (exact) mass is 410 g/mol. The molecule has 3 fully saturated rings. The molecule has 5 rings (SSSR count). The first-order valence-corrected chi connectivity index (χ1v) is 11.3. The first-order valence-electron chi connectivity index (χ1n) is 11.3. The summed E-state index contributed by atoms with van der Waals surface area (Å²) in [4.78, 5) is 41.0. The predicted octanol–water partition coefficient (Wildman–Crippen LogP) is 1.27. The third kappa shape index (κ3) is 3.65. The smallest absolute Gasteiger partial charge is 0.255 e. The fraction of sp³-hybridized carbons (Fsp3) is 0.609. The highest BCUT2D eigenvalue weighted by molar-refractivity contribution is 6.05. The quantitative estimate of drug-likeness (QED) is 0.731. The average molecular weight is 411 g/mol. The molecule has 0 aliphatic carbocycles. The van der Waals surface area contributed by atoms with Crippen molar-refractivity contribution < 1.29 is 14.4 Å². The molecule has 30 heavy (non-hydrogen) atoms. The Bertz CT molecular complexity index is 864. The molecule has 1 aromatic carbocycles. The Morgan fingerprint density at radius 3 is 2.77 bits per heavy atom. The Labute approximate surface area is 177 Å². The predicted molar refractivity (Wildman–Crippen MR) is 111 cm³/mol. The van der Waals surface area contributed by atoms with Crippen LogP contribution in [0.1, 0.15) is 53.6 Å². The van der Waals surface area contributed by atoms with Gasteiger partial charge in [-0.25, -0.2) is 0 Å². The summed E-state index contributed by atoms with van der Waals surface area (Å²) in [6, 6.07) is 5.41. The maximum Gasteiger partial charge on any atom is 0.255 e. The summed E-state index contributed by atoms with van der Waals surface area (Å²) in [7, 11) is 0. The van der Waals surface area contributed by atoms with Crippen molar-refractivity contribution in [3.8, 4) is 0 Å². The number of likely N-dealkylation sites (tertiary alicyclic amines) is 1. The number of fused-ring (bicyclic) bond motifs is 1. The lowest BCUT2D eigenvalue weighted by molar-refractivity contribution is -0.136. The molecule has 4 aliphatic heterocycles. The van der Waals surface area contributed by atoms with Crippen molar-refractivity contribution in [3.05, 3.63) is 34.9 Å². The molecule has 7 nitrogen and oxygen atoms in total. The van der Waals surface area contributed by atoms with Gasteiger partial charge in [0.2, 0.25) is 11.8 Å². The SMILES string of the molecule is O=C1CCC(N2Cc3c(CN4CCCC(C5CCNC5)C4)cccc3C2=O)C(=O)N1. The normalized spacial score (nSPS) is 29.9. The molecule has 4 aliphatic rings. The number of amides is 3. The van der Waals surface area contributed by atoms with Crippen LogP contribution >= 0.6 is 0 Å². The fourth-order valence-corrected chi connectivity index (χ4v) is 5.74. The summed E-state index contributed by atoms with van der Waals surface area (Å²) in [5, 5.41) is 5.88. The first kappa shape index (κ1) is 19.7. The molecule has 0 radical (unpaired) electrons. The van der Waals surface area contributed by atoms with Crippen LogP contribution in [0.25, 0.3) is 0 Å². The minimum atomic E-state index is -0.551. The van der Waals surface area contributed by atoms with Crippen molar-refractivity contribution in [2.24, 2.45) is 11.8 Å². The number of hydrogen-bond donors (Lipinski definition) is 2. The van der Waals surface area contributed by atoms with Gasteiger partial charge in [-0.1, -0.05) is 12.1 Å². The van der Waals surface area contributed by atoms with Crippen LogP contribution in [0.2, 0.25) is 0 Å². The third-order valence-electron chi connectivity index (χ3n) is 7.38. The van der Waals surface area contributed by atoms with Gasteiger partial charge in [0.25, 0.3) is 5.91 Å². The number of piperidine rings is 2. The van der Waals surface area contributed by atoms with Crippen LogP contribution < -0.4 is 10.6 Å². The lowest BCUT2D eigenvalue weighted by Gasteiger charge is -2.36. The maximum atomic E-state index is 13.0. The van der Waals surface area contributed by atoms with E-state index in [0.717, 1.165) is 50.1 Å². The minimum absolute atomic E-state index is 0.0881. The molecular formula is C23H30N4O3. The Morgan fingerprint density at radius 2 is 1.97 bits per heavy atom. The van der Waals surface area contributed by atoms with Gasteiger partial charge in [-0.2, -0.15) is 0 Å². The summed E-state index contributed by atoms with van der Waals surface area (Å²) in [6.45, 7) is 5.84. The molecule has 0 aromatic heterocycles. The van der Waals surface area contributed by atoms with E-state index in [1.165, 1.54) is 24.8 Å². The summed E-state index contributed by atoms with van der Waals surface area (Å²) in [5.74, 6) is 0.858. The van der Waals surface area contributed by atoms with Crippen molar-refractivity contribution in [1.82, 2.24) is 20.4 Å². The van der Waals surface area contributed by atoms with Crippen molar-refractivity contribution in [3.63, 3.8) is 0 Å². The van der Waals surface area contributed by atoms with Crippen molar-refractivity contribution in [1.29, 1.82) is 0 Å². The van der Waals surface area contributed by atoms with E-state index in [1.807, 2.05) is 12.1 Å². The number of imide groups is 1. The van der Waals surface area contributed by atoms with Gasteiger partial charge in [0.1, 0.15) is 6.04 Å². The van der Waals surface area contributed by atoms with E-state index in [1.54, 1.807) is 4.90 Å². The van der Waals surface area contributed by atoms with E-state index < -0.39 is 6.04 Å². The third-order valence-corrected chi connectivity index (χ3v) is 7.38. The van der Waals surface area contributed by atoms with Gasteiger partial charge in [-0.15, -0.1) is 0 Å². The number of hydrogen-bond acceptors (Lipinski definition) is 5. The van der Waals surface area contributed by atoms with Gasteiger partial charge in [0, 0.05) is 31.6 Å². The number of nitrogens with zero attached hydrogens (tertiary/aromatic N) is 2. The van der Waals surface area contributed by atoms with Gasteiger partial charge in [-0.3, -0.25) is 24.6 Å². The van der Waals surface area contributed by atoms with E-state index in [2.05, 4.69) is 21.6 Å². The zero-order chi connectivity index (χ0) is 20.7. The van der Waals surface area contributed by atoms with Crippen molar-refractivity contribution in [2.45, 2.75) is 51.2 Å². The molecule has 4 heterocycles. The molecule has 1 aromatic rings. The largest absolute Gasteiger partial charge is 0.322 e. The lowest BCUT2D eigenvalue weighted by atomic mass is 9.84. The summed E-state index contributed by atoms with van der Waals surface area (Å²) >= 11 is 0. The standard InChI is InChI=1S/C23H30N4O3/c28-21-7-6-20(22(29)25-21)27-14-19-17(3-1-5-18(19)23(27)30)13-26-10-2-4-16(12-26)15-8-9-24-11-15/h1,3,5,15-16,20,24H,2,4,6-14H2,(H,25,28,29). The second kappa shape index (κ2) is 8.12. The molecule has 3 saturated heterocycles. The number of benzene rings is 1. The summed E-state index contributed by atoms with van der Waals surface area (Å²) in [6.07, 6.45) is 4.53. The van der Waals surface area contributed by atoms with Crippen molar-refractivity contribution in [2.75, 3.05) is 26.2 Å². The first-order chi connectivity index (χ1) is 14.6. The highest BCUT2D eigenvalue weighted by atomic mass is 16.2. The summed E-state index contributed by atoms with van der Waals surface area (Å²) < 4.78 is 0. The molecular weight excluding hydrogens is 380 g/mol. The van der Waals surface area contributed by atoms with Gasteiger partial charge < -0.3 is 10.2 Å². The summed E-state index contributed by atoms with van der Waals surface area (Å²) in [5.41, 5.74) is 2.96. The van der Waals surface area contributed by atoms with Gasteiger partial charge in [0.15, 0.2) is 0 Å². The second-order valence-electron chi connectivity index (χ2n) is 9.23. The maximum absolute atomic E-state index is 13.0. The molecule has 2 N–H and O–H groups in total. The highest BCUT2D eigenvalue weighted by Crippen LogP contribution is 2.32. The minimum Gasteiger partial charge on any atom is -0.322 e. The van der Waals surface area contributed by atoms with E-state index in [-0.39, 0.29) is 24.1 Å². The Kier molecular flexibility index (Phi) is 5.33. The Balaban J connectivity index is 1.30. The molecule has 0 spiro atoms. The molecule has 0 bridgehead atoms. The molecule has 7 heteroatoms. The topological polar surface area (TPSA) is 81.8 Å². The average Bonchev–Trinajstić information content (AvgIpc) is 3.38. The number of carbonyl (C=O) groups is 3. The number of carbonyl (C=O) groups excluding carboxylic acids is 3. The van der Waals surface area contributed by atoms with Crippen molar-refractivity contribution >= 4 is 17.7 Å². The van der Waals surface area contributed by atoms with E-state index in [4.69, 9.17) is 0 Å². The van der Waals surface area contributed by atoms with E-state index in [0.29, 0.717) is 18.5 Å². The molecule has 3 atom stereocenters. The van der Waals surface area contributed by atoms with Crippen LogP contribution in [-0.4, -0.2) is 59.7 Å². The van der Waals surface area contributed by atoms with Crippen LogP contribution in [0.3, 0.4) is 0 Å². The molecule has 0 saturated carbocycles. The van der Waals surface area contributed by atoms with Gasteiger partial charge in [-0.05, 0) is 74.3 Å². The van der Waals surface area contributed by atoms with Crippen LogP contribution in [0, 0.1) is 11.8 Å². The van der Waals surface area contributed by atoms with Gasteiger partial charge in [0.05, 0.1) is 0 Å². The molecule has 3 amide bonds. The zero-order valence-corrected chi connectivity index (χ0v) is 17.4. The Hall–Kier alpha value is -2.25. The number of rotatable bonds is 4. The number of nitrogens with one attached hydrogen (secondary N) is 2. The Morgan fingerprint density at radius 1 is 1.07 bits per heavy atom. The van der Waals surface area contributed by atoms with Crippen LogP contribution in [0.15, 0.2) is 18.2 Å². The lowest BCUT2D eigenvalue weighted by Crippen LogP contribution is -2.52. The van der Waals surface area contributed by atoms with Gasteiger partial charge >= 0.3 is 0 Å². The fourth-order valence-electron chi connectivity index (χ4n) is 5.74. The zero-order valence-electron chi connectivity index (χ0n) is 17.4. The van der Waals surface area contributed by atoms with Crippen LogP contribution in [-0.2, 0) is 22.7 Å². The van der Waals surface area contributed by atoms with E-state index in [9.17, 15) is 14.4 Å². The van der Waals surface area contributed by atoms with E-state index >= 15 is 0 Å². The molecule has 160 valence electrons. The van der Waals surface area contributed by atoms with Crippen LogP contribution in [0.5, 0.6) is 0 Å². The van der Waals surface area contributed by atoms with Crippen LogP contribution in [0.4, 0.5) is 0 Å².